The van der Waals surface area contributed by atoms with Crippen LogP contribution in [0.3, 0.4) is 0 Å². The minimum absolute atomic E-state index is 0.193. The van der Waals surface area contributed by atoms with Crippen molar-refractivity contribution < 1.29 is 14.3 Å². The number of carbonyl (C=O) groups is 1. The molecule has 3 rings (SSSR count). The van der Waals surface area contributed by atoms with Crippen molar-refractivity contribution in [3.8, 4) is 0 Å². The van der Waals surface area contributed by atoms with Crippen molar-refractivity contribution in [2.24, 2.45) is 0 Å². The van der Waals surface area contributed by atoms with Crippen LogP contribution < -0.4 is 0 Å². The number of carbonyl (C=O) groups excluding carboxylic acids is 1. The average molecular weight is 268 g/mol. The number of rotatable bonds is 1. The number of Topliss-reactive ketones (excluding diaryl/α,β-unsaturated/α-hetero) is 1. The number of ketones is 1. The van der Waals surface area contributed by atoms with Gasteiger partial charge in [0.2, 0.25) is 0 Å². The number of pyridine rings is 1. The summed E-state index contributed by atoms with van der Waals surface area (Å²) in [4.78, 5) is 16.1. The molecular formula is C13H14ClNO3. The van der Waals surface area contributed by atoms with Gasteiger partial charge in [0, 0.05) is 31.4 Å². The third kappa shape index (κ3) is 2.16. The monoisotopic (exact) mass is 267 g/mol. The summed E-state index contributed by atoms with van der Waals surface area (Å²) in [5, 5.41) is 0.435. The molecule has 18 heavy (non-hydrogen) atoms. The molecule has 0 aromatic carbocycles. The highest BCUT2D eigenvalue weighted by atomic mass is 35.5. The van der Waals surface area contributed by atoms with Crippen LogP contribution in [-0.2, 0) is 14.3 Å². The molecule has 5 heteroatoms. The van der Waals surface area contributed by atoms with Crippen LogP contribution in [0.1, 0.15) is 30.7 Å². The molecule has 2 fully saturated rings. The van der Waals surface area contributed by atoms with Crippen LogP contribution in [0.25, 0.3) is 0 Å². The first-order chi connectivity index (χ1) is 8.69. The fraction of sp³-hybridized carbons (Fsp3) is 0.538. The van der Waals surface area contributed by atoms with E-state index in [0.717, 1.165) is 5.56 Å². The smallest absolute Gasteiger partial charge is 0.169 e. The highest BCUT2D eigenvalue weighted by Crippen LogP contribution is 2.41. The quantitative estimate of drug-likeness (QED) is 0.733. The standard InChI is InChI=1S/C13H14ClNO3/c14-12-2-1-9(8-15-12)10-7-13(4-3-11(10)16)17-5-6-18-13/h1-2,8,10H,3-7H2/t10-/m0/s1. The Morgan fingerprint density at radius 3 is 2.78 bits per heavy atom. The Morgan fingerprint density at radius 1 is 1.33 bits per heavy atom. The van der Waals surface area contributed by atoms with Gasteiger partial charge in [-0.05, 0) is 11.6 Å². The molecule has 1 saturated heterocycles. The van der Waals surface area contributed by atoms with Gasteiger partial charge < -0.3 is 9.47 Å². The van der Waals surface area contributed by atoms with E-state index in [1.807, 2.05) is 6.07 Å². The van der Waals surface area contributed by atoms with Crippen molar-refractivity contribution in [3.63, 3.8) is 0 Å². The first-order valence-corrected chi connectivity index (χ1v) is 6.48. The molecule has 1 aromatic heterocycles. The Morgan fingerprint density at radius 2 is 2.11 bits per heavy atom. The number of aromatic nitrogens is 1. The zero-order valence-corrected chi connectivity index (χ0v) is 10.7. The van der Waals surface area contributed by atoms with E-state index in [2.05, 4.69) is 4.98 Å². The third-order valence-electron chi connectivity index (χ3n) is 3.62. The summed E-state index contributed by atoms with van der Waals surface area (Å²) < 4.78 is 11.4. The lowest BCUT2D eigenvalue weighted by Gasteiger charge is -2.35. The normalized spacial score (nSPS) is 26.7. The van der Waals surface area contributed by atoms with Crippen molar-refractivity contribution in [2.45, 2.75) is 31.0 Å². The van der Waals surface area contributed by atoms with Gasteiger partial charge in [-0.3, -0.25) is 4.79 Å². The van der Waals surface area contributed by atoms with E-state index >= 15 is 0 Å². The Hall–Kier alpha value is -0.970. The summed E-state index contributed by atoms with van der Waals surface area (Å²) in [6.45, 7) is 1.22. The molecule has 96 valence electrons. The molecule has 4 nitrogen and oxygen atoms in total. The van der Waals surface area contributed by atoms with Gasteiger partial charge >= 0.3 is 0 Å². The van der Waals surface area contributed by atoms with Crippen LogP contribution in [0.15, 0.2) is 18.3 Å². The van der Waals surface area contributed by atoms with Crippen LogP contribution in [0, 0.1) is 0 Å². The highest BCUT2D eigenvalue weighted by Gasteiger charge is 2.45. The van der Waals surface area contributed by atoms with E-state index in [1.165, 1.54) is 0 Å². The Labute approximate surface area is 110 Å². The minimum atomic E-state index is -0.557. The van der Waals surface area contributed by atoms with E-state index in [-0.39, 0.29) is 11.7 Å². The van der Waals surface area contributed by atoms with Crippen molar-refractivity contribution in [1.29, 1.82) is 0 Å². The molecule has 0 N–H and O–H groups in total. The summed E-state index contributed by atoms with van der Waals surface area (Å²) in [6, 6.07) is 3.56. The molecule has 2 aliphatic rings. The second-order valence-electron chi connectivity index (χ2n) is 4.74. The van der Waals surface area contributed by atoms with Crippen LogP contribution in [0.2, 0.25) is 5.15 Å². The molecule has 1 saturated carbocycles. The maximum absolute atomic E-state index is 12.0. The van der Waals surface area contributed by atoms with Gasteiger partial charge in [0.1, 0.15) is 10.9 Å². The molecule has 1 aliphatic heterocycles. The van der Waals surface area contributed by atoms with Gasteiger partial charge in [-0.1, -0.05) is 17.7 Å². The maximum atomic E-state index is 12.0. The van der Waals surface area contributed by atoms with Gasteiger partial charge in [-0.2, -0.15) is 0 Å². The van der Waals surface area contributed by atoms with Crippen molar-refractivity contribution in [3.05, 3.63) is 29.0 Å². The molecule has 0 radical (unpaired) electrons. The van der Waals surface area contributed by atoms with Crippen LogP contribution in [0.4, 0.5) is 0 Å². The van der Waals surface area contributed by atoms with Crippen LogP contribution >= 0.6 is 11.6 Å². The second kappa shape index (κ2) is 4.61. The Kier molecular flexibility index (Phi) is 3.09. The Bertz CT molecular complexity index is 454. The number of hydrogen-bond donors (Lipinski definition) is 0. The molecule has 1 aromatic rings. The first kappa shape index (κ1) is 12.1. The second-order valence-corrected chi connectivity index (χ2v) is 5.13. The molecule has 0 bridgehead atoms. The average Bonchev–Trinajstić information content (AvgIpc) is 2.82. The van der Waals surface area contributed by atoms with E-state index in [4.69, 9.17) is 21.1 Å². The number of nitrogens with zero attached hydrogens (tertiary/aromatic N) is 1. The van der Waals surface area contributed by atoms with Crippen LogP contribution in [-0.4, -0.2) is 29.8 Å². The lowest BCUT2D eigenvalue weighted by atomic mass is 9.80. The fourth-order valence-corrected chi connectivity index (χ4v) is 2.78. The van der Waals surface area contributed by atoms with Gasteiger partial charge in [-0.25, -0.2) is 4.98 Å². The predicted molar refractivity (Wildman–Crippen MR) is 65.5 cm³/mol. The molecule has 0 amide bonds. The molecule has 1 spiro atoms. The lowest BCUT2D eigenvalue weighted by Crippen LogP contribution is -2.39. The summed E-state index contributed by atoms with van der Waals surface area (Å²) in [7, 11) is 0. The summed E-state index contributed by atoms with van der Waals surface area (Å²) in [5.41, 5.74) is 0.891. The molecule has 1 atom stereocenters. The zero-order chi connectivity index (χ0) is 12.6. The molecule has 1 aliphatic carbocycles. The van der Waals surface area contributed by atoms with Gasteiger partial charge in [-0.15, -0.1) is 0 Å². The van der Waals surface area contributed by atoms with Crippen molar-refractivity contribution in [2.75, 3.05) is 13.2 Å². The molecular weight excluding hydrogens is 254 g/mol. The largest absolute Gasteiger partial charge is 0.347 e. The zero-order valence-electron chi connectivity index (χ0n) is 9.89. The van der Waals surface area contributed by atoms with E-state index in [9.17, 15) is 4.79 Å². The van der Waals surface area contributed by atoms with E-state index in [1.54, 1.807) is 12.3 Å². The van der Waals surface area contributed by atoms with Gasteiger partial charge in [0.05, 0.1) is 13.2 Å². The number of ether oxygens (including phenoxy) is 2. The number of hydrogen-bond acceptors (Lipinski definition) is 4. The summed E-state index contributed by atoms with van der Waals surface area (Å²) >= 11 is 5.76. The highest BCUT2D eigenvalue weighted by molar-refractivity contribution is 6.29. The predicted octanol–water partition coefficient (Wildman–Crippen LogP) is 2.31. The SMILES string of the molecule is O=C1CCC2(C[C@H]1c1ccc(Cl)nc1)OCCO2. The van der Waals surface area contributed by atoms with E-state index in [0.29, 0.717) is 37.6 Å². The molecule has 0 unspecified atom stereocenters. The fourth-order valence-electron chi connectivity index (χ4n) is 2.67. The van der Waals surface area contributed by atoms with E-state index < -0.39 is 5.79 Å². The molecule has 2 heterocycles. The minimum Gasteiger partial charge on any atom is -0.347 e. The number of halogens is 1. The van der Waals surface area contributed by atoms with Gasteiger partial charge in [0.15, 0.2) is 5.79 Å². The van der Waals surface area contributed by atoms with Crippen LogP contribution in [0.5, 0.6) is 0 Å². The van der Waals surface area contributed by atoms with Crippen molar-refractivity contribution in [1.82, 2.24) is 4.98 Å². The third-order valence-corrected chi connectivity index (χ3v) is 3.85. The summed E-state index contributed by atoms with van der Waals surface area (Å²) in [6.07, 6.45) is 3.39. The first-order valence-electron chi connectivity index (χ1n) is 6.11. The maximum Gasteiger partial charge on any atom is 0.169 e. The topological polar surface area (TPSA) is 48.4 Å². The van der Waals surface area contributed by atoms with Crippen molar-refractivity contribution >= 4 is 17.4 Å². The van der Waals surface area contributed by atoms with Gasteiger partial charge in [0.25, 0.3) is 0 Å². The summed E-state index contributed by atoms with van der Waals surface area (Å²) in [5.74, 6) is -0.524. The Balaban J connectivity index is 1.85. The lowest BCUT2D eigenvalue weighted by molar-refractivity contribution is -0.183.